The molecular formula is C15H15ClN2O3. The Kier molecular flexibility index (Phi) is 5.00. The molecule has 2 aromatic rings. The second-order valence-electron chi connectivity index (χ2n) is 4.42. The highest BCUT2D eigenvalue weighted by Gasteiger charge is 2.19. The summed E-state index contributed by atoms with van der Waals surface area (Å²) in [5.74, 6) is 0.247. The lowest BCUT2D eigenvalue weighted by atomic mass is 10.1. The van der Waals surface area contributed by atoms with Crippen molar-refractivity contribution in [2.75, 3.05) is 19.0 Å². The molecule has 0 radical (unpaired) electrons. The minimum atomic E-state index is -0.441. The van der Waals surface area contributed by atoms with Gasteiger partial charge in [0.15, 0.2) is 5.75 Å². The number of nitrogens with one attached hydrogen (secondary N) is 1. The highest BCUT2D eigenvalue weighted by atomic mass is 35.5. The molecule has 0 spiro atoms. The molecule has 0 aliphatic carbocycles. The van der Waals surface area contributed by atoms with E-state index in [4.69, 9.17) is 16.3 Å². The van der Waals surface area contributed by atoms with Crippen LogP contribution >= 0.6 is 11.6 Å². The molecule has 6 heteroatoms. The van der Waals surface area contributed by atoms with E-state index in [1.165, 1.54) is 7.11 Å². The summed E-state index contributed by atoms with van der Waals surface area (Å²) >= 11 is 5.83. The monoisotopic (exact) mass is 306 g/mol. The molecule has 5 nitrogen and oxygen atoms in total. The van der Waals surface area contributed by atoms with Crippen LogP contribution < -0.4 is 10.1 Å². The molecule has 0 bridgehead atoms. The van der Waals surface area contributed by atoms with E-state index < -0.39 is 4.92 Å². The van der Waals surface area contributed by atoms with Gasteiger partial charge in [0.2, 0.25) is 0 Å². The molecule has 1 N–H and O–H groups in total. The summed E-state index contributed by atoms with van der Waals surface area (Å²) in [5.41, 5.74) is 1.52. The fourth-order valence-corrected chi connectivity index (χ4v) is 2.14. The van der Waals surface area contributed by atoms with Gasteiger partial charge in [0.05, 0.1) is 12.0 Å². The van der Waals surface area contributed by atoms with Crippen molar-refractivity contribution in [2.45, 2.75) is 6.42 Å². The summed E-state index contributed by atoms with van der Waals surface area (Å²) in [7, 11) is 1.42. The predicted molar refractivity (Wildman–Crippen MR) is 83.3 cm³/mol. The van der Waals surface area contributed by atoms with Crippen LogP contribution in [-0.4, -0.2) is 18.6 Å². The molecular weight excluding hydrogens is 292 g/mol. The molecule has 0 fully saturated rings. The Labute approximate surface area is 127 Å². The van der Waals surface area contributed by atoms with Crippen LogP contribution in [0.25, 0.3) is 0 Å². The lowest BCUT2D eigenvalue weighted by Gasteiger charge is -2.09. The number of methoxy groups -OCH3 is 1. The zero-order valence-electron chi connectivity index (χ0n) is 11.5. The highest BCUT2D eigenvalue weighted by Crippen LogP contribution is 2.34. The number of anilines is 1. The van der Waals surface area contributed by atoms with E-state index in [9.17, 15) is 10.1 Å². The average molecular weight is 307 g/mol. The fourth-order valence-electron chi connectivity index (χ4n) is 2.01. The van der Waals surface area contributed by atoms with E-state index in [0.29, 0.717) is 17.3 Å². The van der Waals surface area contributed by atoms with Gasteiger partial charge < -0.3 is 10.1 Å². The summed E-state index contributed by atoms with van der Waals surface area (Å²) < 4.78 is 5.03. The predicted octanol–water partition coefficient (Wildman–Crippen LogP) is 3.91. The van der Waals surface area contributed by atoms with Crippen LogP contribution in [-0.2, 0) is 6.42 Å². The zero-order chi connectivity index (χ0) is 15.2. The maximum Gasteiger partial charge on any atom is 0.333 e. The largest absolute Gasteiger partial charge is 0.490 e. The number of halogens is 1. The lowest BCUT2D eigenvalue weighted by Crippen LogP contribution is -2.07. The van der Waals surface area contributed by atoms with Crippen LogP contribution in [0, 0.1) is 10.1 Å². The van der Waals surface area contributed by atoms with Crippen molar-refractivity contribution in [2.24, 2.45) is 0 Å². The van der Waals surface area contributed by atoms with Crippen molar-refractivity contribution in [1.29, 1.82) is 0 Å². The molecule has 0 aliphatic heterocycles. The van der Waals surface area contributed by atoms with Gasteiger partial charge in [-0.15, -0.1) is 0 Å². The highest BCUT2D eigenvalue weighted by molar-refractivity contribution is 6.30. The normalized spacial score (nSPS) is 10.2. The van der Waals surface area contributed by atoms with E-state index in [1.807, 2.05) is 24.3 Å². The molecule has 0 aromatic heterocycles. The molecule has 0 saturated heterocycles. The van der Waals surface area contributed by atoms with E-state index in [2.05, 4.69) is 5.32 Å². The summed E-state index contributed by atoms with van der Waals surface area (Å²) in [5, 5.41) is 14.9. The fraction of sp³-hybridized carbons (Fsp3) is 0.200. The molecule has 2 aromatic carbocycles. The van der Waals surface area contributed by atoms with Crippen LogP contribution in [0.4, 0.5) is 11.4 Å². The molecule has 0 saturated carbocycles. The number of nitro groups is 1. The summed E-state index contributed by atoms with van der Waals surface area (Å²) in [6, 6.07) is 12.5. The van der Waals surface area contributed by atoms with Crippen LogP contribution in [0.2, 0.25) is 5.02 Å². The van der Waals surface area contributed by atoms with E-state index in [0.717, 1.165) is 12.0 Å². The third kappa shape index (κ3) is 3.86. The molecule has 0 amide bonds. The van der Waals surface area contributed by atoms with Crippen molar-refractivity contribution >= 4 is 23.0 Å². The standard InChI is InChI=1S/C15H15ClN2O3/c1-21-14-4-2-3-13(15(14)18(19)20)17-10-9-11-5-7-12(16)8-6-11/h2-8,17H,9-10H2,1H3. The quantitative estimate of drug-likeness (QED) is 0.649. The van der Waals surface area contributed by atoms with Gasteiger partial charge in [0.25, 0.3) is 0 Å². The second-order valence-corrected chi connectivity index (χ2v) is 4.85. The Morgan fingerprint density at radius 1 is 1.24 bits per heavy atom. The summed E-state index contributed by atoms with van der Waals surface area (Å²) in [6.07, 6.45) is 0.742. The van der Waals surface area contributed by atoms with Gasteiger partial charge >= 0.3 is 5.69 Å². The SMILES string of the molecule is COc1cccc(NCCc2ccc(Cl)cc2)c1[N+](=O)[O-]. The Hall–Kier alpha value is -2.27. The van der Waals surface area contributed by atoms with Gasteiger partial charge in [-0.3, -0.25) is 10.1 Å². The number of hydrogen-bond donors (Lipinski definition) is 1. The Morgan fingerprint density at radius 2 is 1.95 bits per heavy atom. The zero-order valence-corrected chi connectivity index (χ0v) is 12.3. The van der Waals surface area contributed by atoms with Gasteiger partial charge in [0.1, 0.15) is 5.69 Å². The second kappa shape index (κ2) is 6.95. The molecule has 0 unspecified atom stereocenters. The number of para-hydroxylation sites is 1. The minimum Gasteiger partial charge on any atom is -0.490 e. The van der Waals surface area contributed by atoms with Crippen LogP contribution in [0.5, 0.6) is 5.75 Å². The number of nitro benzene ring substituents is 1. The van der Waals surface area contributed by atoms with Crippen molar-refractivity contribution in [3.63, 3.8) is 0 Å². The minimum absolute atomic E-state index is 0.0453. The molecule has 0 atom stereocenters. The number of nitrogens with zero attached hydrogens (tertiary/aromatic N) is 1. The van der Waals surface area contributed by atoms with Crippen LogP contribution in [0.3, 0.4) is 0 Å². The van der Waals surface area contributed by atoms with Gasteiger partial charge in [-0.25, -0.2) is 0 Å². The average Bonchev–Trinajstić information content (AvgIpc) is 2.48. The first-order chi connectivity index (χ1) is 10.1. The maximum absolute atomic E-state index is 11.1. The Bertz CT molecular complexity index is 629. The Balaban J connectivity index is 2.06. The van der Waals surface area contributed by atoms with Crippen LogP contribution in [0.1, 0.15) is 5.56 Å². The molecule has 110 valence electrons. The number of rotatable bonds is 6. The number of hydrogen-bond acceptors (Lipinski definition) is 4. The molecule has 2 rings (SSSR count). The smallest absolute Gasteiger partial charge is 0.333 e. The topological polar surface area (TPSA) is 64.4 Å². The van der Waals surface area contributed by atoms with Gasteiger partial charge in [-0.05, 0) is 36.2 Å². The number of ether oxygens (including phenoxy) is 1. The third-order valence-corrected chi connectivity index (χ3v) is 3.30. The van der Waals surface area contributed by atoms with Gasteiger partial charge in [-0.1, -0.05) is 29.8 Å². The van der Waals surface area contributed by atoms with Crippen molar-refractivity contribution in [3.8, 4) is 5.75 Å². The first kappa shape index (κ1) is 15.1. The van der Waals surface area contributed by atoms with Crippen molar-refractivity contribution in [3.05, 3.63) is 63.2 Å². The van der Waals surface area contributed by atoms with Crippen LogP contribution in [0.15, 0.2) is 42.5 Å². The van der Waals surface area contributed by atoms with Crippen molar-refractivity contribution < 1.29 is 9.66 Å². The van der Waals surface area contributed by atoms with Gasteiger partial charge in [-0.2, -0.15) is 0 Å². The van der Waals surface area contributed by atoms with E-state index in [1.54, 1.807) is 18.2 Å². The Morgan fingerprint density at radius 3 is 2.57 bits per heavy atom. The van der Waals surface area contributed by atoms with Crippen molar-refractivity contribution in [1.82, 2.24) is 0 Å². The molecule has 21 heavy (non-hydrogen) atoms. The van der Waals surface area contributed by atoms with E-state index in [-0.39, 0.29) is 11.4 Å². The number of benzene rings is 2. The first-order valence-corrected chi connectivity index (χ1v) is 6.79. The first-order valence-electron chi connectivity index (χ1n) is 6.41. The summed E-state index contributed by atoms with van der Waals surface area (Å²) in [6.45, 7) is 0.579. The summed E-state index contributed by atoms with van der Waals surface area (Å²) in [4.78, 5) is 10.7. The van der Waals surface area contributed by atoms with Gasteiger partial charge in [0, 0.05) is 11.6 Å². The molecule has 0 aliphatic rings. The third-order valence-electron chi connectivity index (χ3n) is 3.04. The lowest BCUT2D eigenvalue weighted by molar-refractivity contribution is -0.384. The maximum atomic E-state index is 11.1. The van der Waals surface area contributed by atoms with E-state index >= 15 is 0 Å². The molecule has 0 heterocycles.